The van der Waals surface area contributed by atoms with E-state index < -0.39 is 0 Å². The number of benzene rings is 2. The van der Waals surface area contributed by atoms with Crippen molar-refractivity contribution in [1.29, 1.82) is 0 Å². The van der Waals surface area contributed by atoms with Crippen molar-refractivity contribution in [3.05, 3.63) is 79.0 Å². The van der Waals surface area contributed by atoms with Gasteiger partial charge in [0.1, 0.15) is 22.7 Å². The van der Waals surface area contributed by atoms with Crippen LogP contribution in [0.15, 0.2) is 73.2 Å². The molecule has 0 bridgehead atoms. The average molecular weight is 421 g/mol. The Morgan fingerprint density at radius 3 is 2.66 bits per heavy atom. The number of hydrogen-bond donors (Lipinski definition) is 3. The summed E-state index contributed by atoms with van der Waals surface area (Å²) in [6.45, 7) is 0. The van der Waals surface area contributed by atoms with Gasteiger partial charge in [0.2, 0.25) is 0 Å². The number of halogens is 1. The lowest BCUT2D eigenvalue weighted by Crippen LogP contribution is -1.89. The molecular weight excluding hydrogens is 405 g/mol. The zero-order valence-corrected chi connectivity index (χ0v) is 16.7. The van der Waals surface area contributed by atoms with Gasteiger partial charge in [-0.1, -0.05) is 18.2 Å². The van der Waals surface area contributed by atoms with Crippen molar-refractivity contribution in [3.8, 4) is 33.9 Å². The van der Waals surface area contributed by atoms with Gasteiger partial charge in [-0.3, -0.25) is 15.1 Å². The van der Waals surface area contributed by atoms with E-state index in [1.165, 1.54) is 6.07 Å². The van der Waals surface area contributed by atoms with Crippen molar-refractivity contribution >= 4 is 27.6 Å². The van der Waals surface area contributed by atoms with Gasteiger partial charge in [0, 0.05) is 35.1 Å². The third kappa shape index (κ3) is 2.89. The summed E-state index contributed by atoms with van der Waals surface area (Å²) in [7, 11) is 0. The van der Waals surface area contributed by atoms with Crippen LogP contribution in [0.1, 0.15) is 0 Å². The molecule has 0 aliphatic heterocycles. The van der Waals surface area contributed by atoms with Crippen LogP contribution in [-0.4, -0.2) is 30.1 Å². The summed E-state index contributed by atoms with van der Waals surface area (Å²) >= 11 is 0. The lowest BCUT2D eigenvalue weighted by molar-refractivity contribution is 0.631. The third-order valence-corrected chi connectivity index (χ3v) is 5.41. The van der Waals surface area contributed by atoms with E-state index in [0.717, 1.165) is 27.5 Å². The summed E-state index contributed by atoms with van der Waals surface area (Å²) in [5.74, 6) is 0.224. The first-order chi connectivity index (χ1) is 15.7. The molecule has 0 aliphatic carbocycles. The highest BCUT2D eigenvalue weighted by molar-refractivity contribution is 5.97. The molecule has 0 saturated heterocycles. The second kappa shape index (κ2) is 6.98. The smallest absolute Gasteiger partial charge is 0.159 e. The number of fused-ring (bicyclic) bond motifs is 2. The van der Waals surface area contributed by atoms with E-state index in [9.17, 15) is 4.39 Å². The van der Waals surface area contributed by atoms with Gasteiger partial charge in [-0.15, -0.1) is 0 Å². The molecule has 154 valence electrons. The molecule has 4 aromatic heterocycles. The monoisotopic (exact) mass is 421 g/mol. The van der Waals surface area contributed by atoms with Crippen molar-refractivity contribution in [3.63, 3.8) is 0 Å². The fourth-order valence-corrected chi connectivity index (χ4v) is 3.89. The predicted octanol–water partition coefficient (Wildman–Crippen LogP) is 4.95. The lowest BCUT2D eigenvalue weighted by atomic mass is 10.0. The molecule has 0 atom stereocenters. The number of H-pyrrole nitrogens is 2. The minimum atomic E-state index is -0.345. The molecule has 6 aromatic rings. The molecule has 4 N–H and O–H groups in total. The molecular formula is C24H16FN7. The largest absolute Gasteiger partial charge is 0.397 e. The first-order valence-corrected chi connectivity index (χ1v) is 9.96. The van der Waals surface area contributed by atoms with Gasteiger partial charge in [0.25, 0.3) is 0 Å². The maximum atomic E-state index is 14.4. The van der Waals surface area contributed by atoms with Crippen LogP contribution in [0.5, 0.6) is 0 Å². The molecule has 32 heavy (non-hydrogen) atoms. The Morgan fingerprint density at radius 2 is 1.78 bits per heavy atom. The minimum Gasteiger partial charge on any atom is -0.397 e. The predicted molar refractivity (Wildman–Crippen MR) is 122 cm³/mol. The van der Waals surface area contributed by atoms with Crippen LogP contribution in [0.2, 0.25) is 0 Å². The SMILES string of the molecule is Nc1cncc(-c2ccc3[nH]nc(-c4nc5c(-c6ccccc6F)nccc5[nH]4)c3c2)c1. The van der Waals surface area contributed by atoms with Gasteiger partial charge in [-0.2, -0.15) is 5.10 Å². The second-order valence-electron chi connectivity index (χ2n) is 7.46. The number of nitrogen functional groups attached to an aromatic ring is 1. The number of pyridine rings is 2. The number of aromatic nitrogens is 6. The first kappa shape index (κ1) is 18.2. The van der Waals surface area contributed by atoms with Gasteiger partial charge >= 0.3 is 0 Å². The van der Waals surface area contributed by atoms with Crippen LogP contribution in [0.3, 0.4) is 0 Å². The van der Waals surface area contributed by atoms with E-state index in [1.54, 1.807) is 36.8 Å². The van der Waals surface area contributed by atoms with Crippen LogP contribution in [0.4, 0.5) is 10.1 Å². The molecule has 4 heterocycles. The van der Waals surface area contributed by atoms with Crippen LogP contribution in [-0.2, 0) is 0 Å². The van der Waals surface area contributed by atoms with Gasteiger partial charge < -0.3 is 10.7 Å². The summed E-state index contributed by atoms with van der Waals surface area (Å²) in [4.78, 5) is 16.6. The second-order valence-corrected chi connectivity index (χ2v) is 7.46. The van der Waals surface area contributed by atoms with Crippen molar-refractivity contribution < 1.29 is 4.39 Å². The summed E-state index contributed by atoms with van der Waals surface area (Å²) in [5, 5.41) is 8.42. The molecule has 6 rings (SSSR count). The molecule has 0 spiro atoms. The lowest BCUT2D eigenvalue weighted by Gasteiger charge is -2.03. The Labute approximate surface area is 181 Å². The fraction of sp³-hybridized carbons (Fsp3) is 0. The summed E-state index contributed by atoms with van der Waals surface area (Å²) in [6, 6.07) is 16.2. The van der Waals surface area contributed by atoms with Crippen LogP contribution in [0.25, 0.3) is 55.8 Å². The Morgan fingerprint density at radius 1 is 0.875 bits per heavy atom. The number of nitrogens with zero attached hydrogens (tertiary/aromatic N) is 4. The van der Waals surface area contributed by atoms with E-state index >= 15 is 0 Å². The van der Waals surface area contributed by atoms with Crippen molar-refractivity contribution in [2.75, 3.05) is 5.73 Å². The number of nitrogens with two attached hydrogens (primary N) is 1. The Kier molecular flexibility index (Phi) is 3.97. The maximum Gasteiger partial charge on any atom is 0.159 e. The molecule has 0 aliphatic rings. The van der Waals surface area contributed by atoms with Crippen molar-refractivity contribution in [2.45, 2.75) is 0 Å². The molecule has 8 heteroatoms. The van der Waals surface area contributed by atoms with Crippen molar-refractivity contribution in [2.24, 2.45) is 0 Å². The van der Waals surface area contributed by atoms with Gasteiger partial charge in [0.05, 0.1) is 16.7 Å². The minimum absolute atomic E-state index is 0.345. The first-order valence-electron chi connectivity index (χ1n) is 9.96. The normalized spacial score (nSPS) is 11.4. The molecule has 7 nitrogen and oxygen atoms in total. The van der Waals surface area contributed by atoms with Crippen LogP contribution >= 0.6 is 0 Å². The van der Waals surface area contributed by atoms with Gasteiger partial charge in [-0.25, -0.2) is 9.37 Å². The topological polar surface area (TPSA) is 109 Å². The fourth-order valence-electron chi connectivity index (χ4n) is 3.89. The van der Waals surface area contributed by atoms with E-state index in [-0.39, 0.29) is 5.82 Å². The summed E-state index contributed by atoms with van der Waals surface area (Å²) < 4.78 is 14.4. The highest BCUT2D eigenvalue weighted by Crippen LogP contribution is 2.33. The molecule has 0 fully saturated rings. The molecule has 0 amide bonds. The molecule has 2 aromatic carbocycles. The molecule has 0 saturated carbocycles. The van der Waals surface area contributed by atoms with Crippen LogP contribution < -0.4 is 5.73 Å². The summed E-state index contributed by atoms with van der Waals surface area (Å²) in [5.41, 5.74) is 12.1. The average Bonchev–Trinajstić information content (AvgIpc) is 3.43. The highest BCUT2D eigenvalue weighted by atomic mass is 19.1. The maximum absolute atomic E-state index is 14.4. The van der Waals surface area contributed by atoms with E-state index in [1.807, 2.05) is 30.3 Å². The third-order valence-electron chi connectivity index (χ3n) is 5.41. The number of hydrogen-bond acceptors (Lipinski definition) is 5. The zero-order valence-electron chi connectivity index (χ0n) is 16.7. The van der Waals surface area contributed by atoms with E-state index in [2.05, 4.69) is 25.1 Å². The number of imidazole rings is 1. The van der Waals surface area contributed by atoms with E-state index in [0.29, 0.717) is 34.0 Å². The quantitative estimate of drug-likeness (QED) is 0.374. The van der Waals surface area contributed by atoms with E-state index in [4.69, 9.17) is 10.7 Å². The van der Waals surface area contributed by atoms with Crippen LogP contribution in [0, 0.1) is 5.82 Å². The number of rotatable bonds is 3. The van der Waals surface area contributed by atoms with Gasteiger partial charge in [0.15, 0.2) is 5.82 Å². The van der Waals surface area contributed by atoms with Crippen molar-refractivity contribution in [1.82, 2.24) is 30.1 Å². The Bertz CT molecular complexity index is 1620. The Hall–Kier alpha value is -4.59. The summed E-state index contributed by atoms with van der Waals surface area (Å²) in [6.07, 6.45) is 5.02. The van der Waals surface area contributed by atoms with Gasteiger partial charge in [-0.05, 0) is 42.0 Å². The Balaban J connectivity index is 1.52. The number of aromatic amines is 2. The standard InChI is InChI=1S/C24H16FN7/c25-18-4-2-1-3-16(18)21-23-20(7-8-28-21)29-24(30-23)22-17-10-13(5-6-19(17)31-32-22)14-9-15(26)12-27-11-14/h1-12H,26H2,(H,29,30)(H,31,32). The molecule has 0 radical (unpaired) electrons. The zero-order chi connectivity index (χ0) is 21.7. The highest BCUT2D eigenvalue weighted by Gasteiger charge is 2.17. The molecule has 0 unspecified atom stereocenters. The number of nitrogens with one attached hydrogen (secondary N) is 2. The number of anilines is 1.